The van der Waals surface area contributed by atoms with Gasteiger partial charge in [0.1, 0.15) is 6.21 Å². The molecule has 0 spiro atoms. The molecule has 0 saturated carbocycles. The van der Waals surface area contributed by atoms with Gasteiger partial charge in [0.25, 0.3) is 0 Å². The first-order valence-electron chi connectivity index (χ1n) is 2.61. The minimum Gasteiger partial charge on any atom is -0.411 e. The number of thiol groups is 1. The molecule has 0 aromatic carbocycles. The molecule has 1 N–H and O–H groups in total. The highest BCUT2D eigenvalue weighted by Gasteiger charge is 1.94. The maximum atomic E-state index is 8.00. The molecule has 0 fully saturated rings. The molecule has 1 rings (SSSR count). The lowest BCUT2D eigenvalue weighted by Crippen LogP contribution is -1.81. The van der Waals surface area contributed by atoms with Gasteiger partial charge in [-0.1, -0.05) is 17.3 Å². The van der Waals surface area contributed by atoms with Gasteiger partial charge >= 0.3 is 0 Å². The predicted molar refractivity (Wildman–Crippen MR) is 41.4 cm³/mol. The Labute approximate surface area is 56.9 Å². The zero-order chi connectivity index (χ0) is 6.53. The quantitative estimate of drug-likeness (QED) is 0.259. The van der Waals surface area contributed by atoms with Gasteiger partial charge in [0.2, 0.25) is 0 Å². The van der Waals surface area contributed by atoms with Gasteiger partial charge in [-0.05, 0) is 10.8 Å². The Bertz CT molecular complexity index is 150. The molecular weight excluding hydrogens is 134 g/mol. The summed E-state index contributed by atoms with van der Waals surface area (Å²) in [7, 11) is -0.177. The molecule has 0 unspecified atom stereocenters. The molecule has 0 aromatic heterocycles. The maximum absolute atomic E-state index is 8.00. The van der Waals surface area contributed by atoms with Crippen LogP contribution in [0, 0.1) is 0 Å². The van der Waals surface area contributed by atoms with Gasteiger partial charge in [-0.15, -0.1) is 0 Å². The molecule has 0 amide bonds. The molecular formula is C6H8NOS. The Morgan fingerprint density at radius 1 is 1.44 bits per heavy atom. The lowest BCUT2D eigenvalue weighted by Gasteiger charge is -2.01. The summed E-state index contributed by atoms with van der Waals surface area (Å²) in [4.78, 5) is 0. The Balaban J connectivity index is 2.29. The van der Waals surface area contributed by atoms with Crippen LogP contribution < -0.4 is 0 Å². The lowest BCUT2D eigenvalue weighted by atomic mass is 10.6. The van der Waals surface area contributed by atoms with Gasteiger partial charge < -0.3 is 5.21 Å². The van der Waals surface area contributed by atoms with Crippen LogP contribution in [-0.2, 0) is 0 Å². The van der Waals surface area contributed by atoms with Crippen molar-refractivity contribution in [1.29, 1.82) is 0 Å². The van der Waals surface area contributed by atoms with Crippen molar-refractivity contribution in [2.24, 2.45) is 5.16 Å². The first-order chi connectivity index (χ1) is 4.43. The van der Waals surface area contributed by atoms with Crippen LogP contribution in [0.3, 0.4) is 0 Å². The van der Waals surface area contributed by atoms with Crippen molar-refractivity contribution in [2.75, 3.05) is 5.75 Å². The molecule has 1 heterocycles. The summed E-state index contributed by atoms with van der Waals surface area (Å²) >= 11 is 0. The third-order valence-corrected chi connectivity index (χ3v) is 2.61. The van der Waals surface area contributed by atoms with Gasteiger partial charge in [-0.3, -0.25) is 0 Å². The van der Waals surface area contributed by atoms with E-state index in [4.69, 9.17) is 5.21 Å². The second-order valence-corrected chi connectivity index (χ2v) is 3.55. The number of nitrogens with zero attached hydrogens (tertiary/aromatic N) is 1. The second kappa shape index (κ2) is 3.35. The van der Waals surface area contributed by atoms with Gasteiger partial charge in [-0.2, -0.15) is 0 Å². The van der Waals surface area contributed by atoms with E-state index >= 15 is 0 Å². The van der Waals surface area contributed by atoms with E-state index in [-0.39, 0.29) is 10.9 Å². The van der Waals surface area contributed by atoms with Crippen LogP contribution in [0.1, 0.15) is 0 Å². The molecule has 49 valence electrons. The Morgan fingerprint density at radius 2 is 2.11 bits per heavy atom. The molecule has 1 radical (unpaired) electrons. The van der Waals surface area contributed by atoms with Crippen molar-refractivity contribution < 1.29 is 5.21 Å². The minimum atomic E-state index is -0.177. The van der Waals surface area contributed by atoms with E-state index in [1.807, 2.05) is 12.2 Å². The van der Waals surface area contributed by atoms with Crippen LogP contribution in [0.5, 0.6) is 0 Å². The van der Waals surface area contributed by atoms with E-state index in [2.05, 4.69) is 22.2 Å². The molecule has 0 atom stereocenters. The van der Waals surface area contributed by atoms with Crippen molar-refractivity contribution in [3.05, 3.63) is 23.0 Å². The van der Waals surface area contributed by atoms with Crippen LogP contribution in [0.15, 0.2) is 28.1 Å². The van der Waals surface area contributed by atoms with E-state index in [0.717, 1.165) is 5.75 Å². The highest BCUT2D eigenvalue weighted by Crippen LogP contribution is 2.30. The summed E-state index contributed by atoms with van der Waals surface area (Å²) in [5.41, 5.74) is 0. The fourth-order valence-electron chi connectivity index (χ4n) is 0.589. The minimum absolute atomic E-state index is 0.177. The highest BCUT2D eigenvalue weighted by molar-refractivity contribution is 8.22. The molecule has 1 aliphatic rings. The van der Waals surface area contributed by atoms with Gasteiger partial charge in [0, 0.05) is 5.75 Å². The number of hydrogen-bond donors (Lipinski definition) is 2. The monoisotopic (exact) mass is 142 g/mol. The third kappa shape index (κ3) is 1.93. The summed E-state index contributed by atoms with van der Waals surface area (Å²) < 4.78 is 0. The number of allylic oxidation sites excluding steroid dienone is 2. The molecule has 0 aliphatic carbocycles. The summed E-state index contributed by atoms with van der Waals surface area (Å²) in [5, 5.41) is 15.0. The standard InChI is InChI=1S/C6H8NOS/c8-7-3-6-9-4-1-2-5-9/h1-2,4-5,8-9H,6H2. The average Bonchev–Trinajstić information content (AvgIpc) is 2.34. The van der Waals surface area contributed by atoms with Gasteiger partial charge in [0.05, 0.1) is 0 Å². The van der Waals surface area contributed by atoms with Gasteiger partial charge in [0.15, 0.2) is 0 Å². The fraction of sp³-hybridized carbons (Fsp3) is 0.167. The maximum Gasteiger partial charge on any atom is 0.114 e. The number of rotatable bonds is 2. The zero-order valence-electron chi connectivity index (χ0n) is 4.86. The van der Waals surface area contributed by atoms with E-state index in [1.165, 1.54) is 0 Å². The van der Waals surface area contributed by atoms with Crippen molar-refractivity contribution in [1.82, 2.24) is 0 Å². The smallest absolute Gasteiger partial charge is 0.114 e. The lowest BCUT2D eigenvalue weighted by molar-refractivity contribution is 0.321. The van der Waals surface area contributed by atoms with Crippen LogP contribution in [0.4, 0.5) is 0 Å². The fourth-order valence-corrected chi connectivity index (χ4v) is 1.77. The molecule has 0 bridgehead atoms. The summed E-state index contributed by atoms with van der Waals surface area (Å²) in [6.45, 7) is 0. The molecule has 1 aliphatic heterocycles. The van der Waals surface area contributed by atoms with Crippen LogP contribution >= 0.6 is 10.9 Å². The van der Waals surface area contributed by atoms with E-state index in [0.29, 0.717) is 0 Å². The molecule has 9 heavy (non-hydrogen) atoms. The van der Waals surface area contributed by atoms with Gasteiger partial charge in [-0.25, -0.2) is 10.9 Å². The van der Waals surface area contributed by atoms with Crippen LogP contribution in [-0.4, -0.2) is 17.2 Å². The Kier molecular flexibility index (Phi) is 2.39. The van der Waals surface area contributed by atoms with E-state index < -0.39 is 0 Å². The van der Waals surface area contributed by atoms with Crippen molar-refractivity contribution in [3.63, 3.8) is 0 Å². The van der Waals surface area contributed by atoms with Crippen molar-refractivity contribution in [2.45, 2.75) is 0 Å². The summed E-state index contributed by atoms with van der Waals surface area (Å²) in [6, 6.07) is 0. The van der Waals surface area contributed by atoms with Crippen molar-refractivity contribution >= 4 is 17.1 Å². The Hall–Kier alpha value is -0.700. The zero-order valence-corrected chi connectivity index (χ0v) is 5.75. The SMILES string of the molecule is ON=[C]C[SH]1C=CC=C1. The first kappa shape index (κ1) is 6.42. The number of hydrogen-bond acceptors (Lipinski definition) is 2. The third-order valence-electron chi connectivity index (χ3n) is 0.990. The van der Waals surface area contributed by atoms with Crippen LogP contribution in [0.2, 0.25) is 0 Å². The van der Waals surface area contributed by atoms with Crippen molar-refractivity contribution in [3.8, 4) is 0 Å². The Morgan fingerprint density at radius 3 is 2.67 bits per heavy atom. The van der Waals surface area contributed by atoms with E-state index in [1.54, 1.807) is 0 Å². The molecule has 0 saturated heterocycles. The topological polar surface area (TPSA) is 32.6 Å². The molecule has 0 aromatic rings. The van der Waals surface area contributed by atoms with E-state index in [9.17, 15) is 0 Å². The predicted octanol–water partition coefficient (Wildman–Crippen LogP) is 1.37. The highest BCUT2D eigenvalue weighted by atomic mass is 32.2. The normalized spacial score (nSPS) is 20.2. The summed E-state index contributed by atoms with van der Waals surface area (Å²) in [6.07, 6.45) is 6.51. The average molecular weight is 142 g/mol. The van der Waals surface area contributed by atoms with Crippen LogP contribution in [0.25, 0.3) is 0 Å². The second-order valence-electron chi connectivity index (χ2n) is 1.61. The largest absolute Gasteiger partial charge is 0.411 e. The molecule has 2 nitrogen and oxygen atoms in total. The first-order valence-corrected chi connectivity index (χ1v) is 4.28. The summed E-state index contributed by atoms with van der Waals surface area (Å²) in [5.74, 6) is 0.735. The molecule has 3 heteroatoms.